The molecule has 3 aromatic rings. The lowest BCUT2D eigenvalue weighted by Crippen LogP contribution is -2.41. The molecule has 0 aliphatic carbocycles. The Hall–Kier alpha value is -3.00. The van der Waals surface area contributed by atoms with Crippen LogP contribution in [0.3, 0.4) is 0 Å². The zero-order valence-electron chi connectivity index (χ0n) is 16.6. The summed E-state index contributed by atoms with van der Waals surface area (Å²) in [6.45, 7) is 5.59. The Morgan fingerprint density at radius 1 is 1.14 bits per heavy atom. The van der Waals surface area contributed by atoms with Gasteiger partial charge in [-0.3, -0.25) is 23.5 Å². The number of Topliss-reactive ketones (excluding diaryl/α,β-unsaturated/α-hetero) is 1. The highest BCUT2D eigenvalue weighted by molar-refractivity contribution is 7.17. The number of rotatable bonds is 7. The zero-order chi connectivity index (χ0) is 21.1. The zero-order valence-corrected chi connectivity index (χ0v) is 17.4. The summed E-state index contributed by atoms with van der Waals surface area (Å²) in [5.74, 6) is -0.172. The Balaban J connectivity index is 1.93. The first-order valence-electron chi connectivity index (χ1n) is 9.39. The lowest BCUT2D eigenvalue weighted by molar-refractivity contribution is -0.116. The molecule has 7 nitrogen and oxygen atoms in total. The molecule has 2 aromatic heterocycles. The number of amides is 1. The van der Waals surface area contributed by atoms with Gasteiger partial charge in [0.05, 0.1) is 5.52 Å². The van der Waals surface area contributed by atoms with Crippen LogP contribution in [-0.4, -0.2) is 20.8 Å². The Morgan fingerprint density at radius 2 is 1.90 bits per heavy atom. The molecule has 152 valence electrons. The van der Waals surface area contributed by atoms with Gasteiger partial charge in [-0.1, -0.05) is 26.0 Å². The van der Waals surface area contributed by atoms with E-state index in [0.29, 0.717) is 40.4 Å². The fourth-order valence-corrected chi connectivity index (χ4v) is 3.87. The molecule has 0 radical (unpaired) electrons. The van der Waals surface area contributed by atoms with Crippen molar-refractivity contribution in [1.82, 2.24) is 9.13 Å². The second-order valence-corrected chi connectivity index (χ2v) is 8.24. The third kappa shape index (κ3) is 4.54. The van der Waals surface area contributed by atoms with Gasteiger partial charge >= 0.3 is 5.69 Å². The van der Waals surface area contributed by atoms with E-state index in [1.54, 1.807) is 35.7 Å². The van der Waals surface area contributed by atoms with E-state index >= 15 is 0 Å². The number of nitrogens with zero attached hydrogens (tertiary/aromatic N) is 2. The van der Waals surface area contributed by atoms with Crippen molar-refractivity contribution < 1.29 is 9.59 Å². The third-order valence-electron chi connectivity index (χ3n) is 4.62. The van der Waals surface area contributed by atoms with Crippen LogP contribution < -0.4 is 16.6 Å². The van der Waals surface area contributed by atoms with E-state index in [0.717, 1.165) is 0 Å². The van der Waals surface area contributed by atoms with E-state index in [2.05, 4.69) is 5.32 Å². The molecule has 0 aliphatic rings. The van der Waals surface area contributed by atoms with Gasteiger partial charge in [0.1, 0.15) is 11.2 Å². The number of hydrogen-bond acceptors (Lipinski definition) is 5. The van der Waals surface area contributed by atoms with Crippen LogP contribution in [-0.2, 0) is 17.9 Å². The Bertz CT molecular complexity index is 1190. The SMILES string of the molecule is CC(=O)c1cccc(NC(=O)Cn2c(=O)n(CCC(C)C)c(=O)c3sccc32)c1. The predicted molar refractivity (Wildman–Crippen MR) is 115 cm³/mol. The number of aromatic nitrogens is 2. The fourth-order valence-electron chi connectivity index (χ4n) is 3.03. The molecule has 0 spiro atoms. The minimum Gasteiger partial charge on any atom is -0.325 e. The molecule has 0 saturated carbocycles. The van der Waals surface area contributed by atoms with E-state index < -0.39 is 11.6 Å². The second-order valence-electron chi connectivity index (χ2n) is 7.33. The van der Waals surface area contributed by atoms with Crippen molar-refractivity contribution in [3.05, 3.63) is 62.1 Å². The highest BCUT2D eigenvalue weighted by Gasteiger charge is 2.17. The maximum absolute atomic E-state index is 13.0. The molecule has 3 rings (SSSR count). The Labute approximate surface area is 171 Å². The lowest BCUT2D eigenvalue weighted by atomic mass is 10.1. The summed E-state index contributed by atoms with van der Waals surface area (Å²) in [7, 11) is 0. The van der Waals surface area contributed by atoms with Gasteiger partial charge in [-0.2, -0.15) is 0 Å². The quantitative estimate of drug-likeness (QED) is 0.603. The summed E-state index contributed by atoms with van der Waals surface area (Å²) in [6, 6.07) is 8.30. The van der Waals surface area contributed by atoms with Crippen LogP contribution >= 0.6 is 11.3 Å². The Morgan fingerprint density at radius 3 is 2.59 bits per heavy atom. The van der Waals surface area contributed by atoms with Crippen LogP contribution in [0.1, 0.15) is 37.6 Å². The molecule has 0 bridgehead atoms. The summed E-state index contributed by atoms with van der Waals surface area (Å²) in [6.07, 6.45) is 0.691. The molecule has 0 fully saturated rings. The molecular formula is C21H23N3O4S. The van der Waals surface area contributed by atoms with Crippen LogP contribution in [0.4, 0.5) is 5.69 Å². The molecule has 8 heteroatoms. The average Bonchev–Trinajstić information content (AvgIpc) is 3.15. The topological polar surface area (TPSA) is 90.2 Å². The predicted octanol–water partition coefficient (Wildman–Crippen LogP) is 3.11. The summed E-state index contributed by atoms with van der Waals surface area (Å²) >= 11 is 1.26. The number of thiophene rings is 1. The molecule has 2 heterocycles. The summed E-state index contributed by atoms with van der Waals surface area (Å²) in [4.78, 5) is 49.8. The maximum Gasteiger partial charge on any atom is 0.332 e. The highest BCUT2D eigenvalue weighted by atomic mass is 32.1. The highest BCUT2D eigenvalue weighted by Crippen LogP contribution is 2.16. The first-order valence-corrected chi connectivity index (χ1v) is 10.3. The molecule has 1 amide bonds. The van der Waals surface area contributed by atoms with Gasteiger partial charge in [0, 0.05) is 17.8 Å². The van der Waals surface area contributed by atoms with Crippen LogP contribution in [0.15, 0.2) is 45.3 Å². The molecule has 0 unspecified atom stereocenters. The first kappa shape index (κ1) is 20.7. The number of benzene rings is 1. The van der Waals surface area contributed by atoms with Gasteiger partial charge in [-0.25, -0.2) is 4.79 Å². The molecule has 29 heavy (non-hydrogen) atoms. The van der Waals surface area contributed by atoms with Crippen LogP contribution in [0.5, 0.6) is 0 Å². The van der Waals surface area contributed by atoms with Crippen LogP contribution in [0, 0.1) is 5.92 Å². The van der Waals surface area contributed by atoms with Crippen molar-refractivity contribution in [2.75, 3.05) is 5.32 Å². The van der Waals surface area contributed by atoms with Gasteiger partial charge < -0.3 is 5.32 Å². The minimum absolute atomic E-state index is 0.102. The first-order chi connectivity index (χ1) is 13.8. The number of hydrogen-bond donors (Lipinski definition) is 1. The van der Waals surface area contributed by atoms with Crippen molar-refractivity contribution in [1.29, 1.82) is 0 Å². The van der Waals surface area contributed by atoms with E-state index in [-0.39, 0.29) is 17.9 Å². The van der Waals surface area contributed by atoms with Crippen molar-refractivity contribution in [2.45, 2.75) is 40.3 Å². The monoisotopic (exact) mass is 413 g/mol. The molecule has 0 atom stereocenters. The Kier molecular flexibility index (Phi) is 6.12. The van der Waals surface area contributed by atoms with E-state index in [1.807, 2.05) is 13.8 Å². The summed E-state index contributed by atoms with van der Waals surface area (Å²) < 4.78 is 3.00. The molecule has 0 saturated heterocycles. The third-order valence-corrected chi connectivity index (χ3v) is 5.51. The number of carbonyl (C=O) groups is 2. The fraction of sp³-hybridized carbons (Fsp3) is 0.333. The molecule has 0 aliphatic heterocycles. The van der Waals surface area contributed by atoms with Crippen molar-refractivity contribution in [2.24, 2.45) is 5.92 Å². The second kappa shape index (κ2) is 8.57. The summed E-state index contributed by atoms with van der Waals surface area (Å²) in [5.41, 5.74) is 0.618. The van der Waals surface area contributed by atoms with Gasteiger partial charge in [0.2, 0.25) is 5.91 Å². The normalized spacial score (nSPS) is 11.2. The molecule has 1 aromatic carbocycles. The molecular weight excluding hydrogens is 390 g/mol. The van der Waals surface area contributed by atoms with Crippen LogP contribution in [0.25, 0.3) is 10.2 Å². The van der Waals surface area contributed by atoms with Crippen molar-refractivity contribution in [3.63, 3.8) is 0 Å². The number of ketones is 1. The van der Waals surface area contributed by atoms with Gasteiger partial charge in [0.15, 0.2) is 5.78 Å². The maximum atomic E-state index is 13.0. The van der Waals surface area contributed by atoms with Crippen LogP contribution in [0.2, 0.25) is 0 Å². The smallest absolute Gasteiger partial charge is 0.325 e. The lowest BCUT2D eigenvalue weighted by Gasteiger charge is -2.13. The average molecular weight is 413 g/mol. The van der Waals surface area contributed by atoms with Gasteiger partial charge in [-0.05, 0) is 42.8 Å². The minimum atomic E-state index is -0.491. The van der Waals surface area contributed by atoms with E-state index in [1.165, 1.54) is 27.4 Å². The van der Waals surface area contributed by atoms with Crippen molar-refractivity contribution >= 4 is 38.9 Å². The number of carbonyl (C=O) groups excluding carboxylic acids is 2. The number of fused-ring (bicyclic) bond motifs is 1. The van der Waals surface area contributed by atoms with E-state index in [9.17, 15) is 19.2 Å². The largest absolute Gasteiger partial charge is 0.332 e. The summed E-state index contributed by atoms with van der Waals surface area (Å²) in [5, 5.41) is 4.46. The number of nitrogens with one attached hydrogen (secondary N) is 1. The van der Waals surface area contributed by atoms with Crippen molar-refractivity contribution in [3.8, 4) is 0 Å². The van der Waals surface area contributed by atoms with Gasteiger partial charge in [0.25, 0.3) is 5.56 Å². The van der Waals surface area contributed by atoms with E-state index in [4.69, 9.17) is 0 Å². The standard InChI is InChI=1S/C21H23N3O4S/c1-13(2)7-9-23-20(27)19-17(8-10-29-19)24(21(23)28)12-18(26)22-16-6-4-5-15(11-16)14(3)25/h4-6,8,10-11,13H,7,9,12H2,1-3H3,(H,22,26). The van der Waals surface area contributed by atoms with Gasteiger partial charge in [-0.15, -0.1) is 11.3 Å². The molecule has 1 N–H and O–H groups in total. The number of anilines is 1.